The van der Waals surface area contributed by atoms with Gasteiger partial charge in [-0.1, -0.05) is 42.2 Å². The standard InChI is InChI=1S/C31H25N7O2/c1-20-27(26-14-7-8-17-37(26)35-20)30(39)33-21(2)29-34-25-13-9-10-23(16-15-22-18-32-36(3)19-22)28(25)31(40)38(29)24-11-5-4-6-12-24/h4-14,17-19,21H,1-3H3,(H,33,39)/t21-/m0/s1. The Morgan fingerprint density at radius 3 is 2.58 bits per heavy atom. The second-order valence-corrected chi connectivity index (χ2v) is 9.48. The highest BCUT2D eigenvalue weighted by molar-refractivity contribution is 6.02. The smallest absolute Gasteiger partial charge is 0.267 e. The molecule has 9 nitrogen and oxygen atoms in total. The number of fused-ring (bicyclic) bond motifs is 2. The SMILES string of the molecule is Cc1nn2ccccc2c1C(=O)N[C@@H](C)c1nc2cccc(C#Cc3cnn(C)c3)c2c(=O)n1-c1ccccc1. The van der Waals surface area contributed by atoms with Crippen molar-refractivity contribution >= 4 is 22.3 Å². The minimum Gasteiger partial charge on any atom is -0.342 e. The predicted molar refractivity (Wildman–Crippen MR) is 152 cm³/mol. The van der Waals surface area contributed by atoms with Crippen molar-refractivity contribution in [1.29, 1.82) is 0 Å². The van der Waals surface area contributed by atoms with Gasteiger partial charge in [0, 0.05) is 25.0 Å². The van der Waals surface area contributed by atoms with Crippen molar-refractivity contribution in [2.24, 2.45) is 7.05 Å². The molecule has 1 atom stereocenters. The Labute approximate surface area is 229 Å². The average Bonchev–Trinajstić information content (AvgIpc) is 3.53. The van der Waals surface area contributed by atoms with Crippen LogP contribution in [0.25, 0.3) is 22.1 Å². The Kier molecular flexibility index (Phi) is 6.21. The zero-order chi connectivity index (χ0) is 27.8. The third-order valence-corrected chi connectivity index (χ3v) is 6.66. The Bertz CT molecular complexity index is 2020. The highest BCUT2D eigenvalue weighted by atomic mass is 16.2. The zero-order valence-corrected chi connectivity index (χ0v) is 22.2. The molecule has 0 aliphatic carbocycles. The Morgan fingerprint density at radius 2 is 1.80 bits per heavy atom. The van der Waals surface area contributed by atoms with Crippen LogP contribution in [0.5, 0.6) is 0 Å². The zero-order valence-electron chi connectivity index (χ0n) is 22.2. The first kappa shape index (κ1) is 24.8. The van der Waals surface area contributed by atoms with Crippen LogP contribution in [0.15, 0.2) is 90.1 Å². The second-order valence-electron chi connectivity index (χ2n) is 9.48. The third-order valence-electron chi connectivity index (χ3n) is 6.66. The summed E-state index contributed by atoms with van der Waals surface area (Å²) in [6.07, 6.45) is 5.29. The van der Waals surface area contributed by atoms with E-state index in [0.717, 1.165) is 5.56 Å². The van der Waals surface area contributed by atoms with Crippen LogP contribution < -0.4 is 10.9 Å². The minimum atomic E-state index is -0.604. The molecule has 0 fully saturated rings. The molecule has 6 aromatic rings. The topological polar surface area (TPSA) is 99.1 Å². The van der Waals surface area contributed by atoms with Gasteiger partial charge in [-0.15, -0.1) is 0 Å². The molecule has 0 bridgehead atoms. The molecule has 0 radical (unpaired) electrons. The van der Waals surface area contributed by atoms with Gasteiger partial charge in [0.1, 0.15) is 5.82 Å². The molecule has 0 aliphatic rings. The average molecular weight is 528 g/mol. The summed E-state index contributed by atoms with van der Waals surface area (Å²) in [7, 11) is 1.82. The number of pyridine rings is 1. The molecule has 6 rings (SSSR count). The Balaban J connectivity index is 1.48. The fraction of sp³-hybridized carbons (Fsp3) is 0.129. The predicted octanol–water partition coefficient (Wildman–Crippen LogP) is 3.97. The van der Waals surface area contributed by atoms with Gasteiger partial charge >= 0.3 is 0 Å². The van der Waals surface area contributed by atoms with Crippen LogP contribution in [0.2, 0.25) is 0 Å². The monoisotopic (exact) mass is 527 g/mol. The van der Waals surface area contributed by atoms with E-state index in [0.29, 0.717) is 44.8 Å². The molecular formula is C31H25N7O2. The quantitative estimate of drug-likeness (QED) is 0.350. The molecule has 4 heterocycles. The number of hydrogen-bond acceptors (Lipinski definition) is 5. The van der Waals surface area contributed by atoms with Crippen molar-refractivity contribution in [1.82, 2.24) is 34.3 Å². The van der Waals surface area contributed by atoms with Crippen molar-refractivity contribution in [3.63, 3.8) is 0 Å². The van der Waals surface area contributed by atoms with Gasteiger partial charge in [0.15, 0.2) is 0 Å². The number of para-hydroxylation sites is 1. The fourth-order valence-corrected chi connectivity index (χ4v) is 4.82. The van der Waals surface area contributed by atoms with Gasteiger partial charge in [-0.2, -0.15) is 10.2 Å². The molecule has 1 amide bonds. The van der Waals surface area contributed by atoms with E-state index >= 15 is 0 Å². The van der Waals surface area contributed by atoms with Gasteiger partial charge in [0.25, 0.3) is 11.5 Å². The molecule has 9 heteroatoms. The molecule has 1 N–H and O–H groups in total. The van der Waals surface area contributed by atoms with E-state index in [-0.39, 0.29) is 11.5 Å². The summed E-state index contributed by atoms with van der Waals surface area (Å²) in [6, 6.07) is 19.7. The molecule has 0 unspecified atom stereocenters. The van der Waals surface area contributed by atoms with Crippen LogP contribution in [0, 0.1) is 18.8 Å². The van der Waals surface area contributed by atoms with Crippen molar-refractivity contribution in [3.8, 4) is 17.5 Å². The maximum Gasteiger partial charge on any atom is 0.267 e. The van der Waals surface area contributed by atoms with Gasteiger partial charge in [-0.05, 0) is 50.2 Å². The molecule has 2 aromatic carbocycles. The highest BCUT2D eigenvalue weighted by Crippen LogP contribution is 2.22. The first-order valence-corrected chi connectivity index (χ1v) is 12.8. The first-order chi connectivity index (χ1) is 19.4. The van der Waals surface area contributed by atoms with Crippen LogP contribution >= 0.6 is 0 Å². The van der Waals surface area contributed by atoms with Crippen LogP contribution in [-0.4, -0.2) is 34.9 Å². The number of carbonyl (C=O) groups is 1. The molecule has 0 saturated carbocycles. The highest BCUT2D eigenvalue weighted by Gasteiger charge is 2.23. The summed E-state index contributed by atoms with van der Waals surface area (Å²) in [6.45, 7) is 3.62. The number of amides is 1. The normalized spacial score (nSPS) is 11.8. The lowest BCUT2D eigenvalue weighted by Crippen LogP contribution is -2.33. The second kappa shape index (κ2) is 10.0. The van der Waals surface area contributed by atoms with Crippen molar-refractivity contribution in [3.05, 3.63) is 124 Å². The minimum absolute atomic E-state index is 0.268. The lowest BCUT2D eigenvalue weighted by atomic mass is 10.1. The van der Waals surface area contributed by atoms with Gasteiger partial charge in [0.2, 0.25) is 0 Å². The molecule has 0 spiro atoms. The Hall–Kier alpha value is -5.49. The van der Waals surface area contributed by atoms with Crippen molar-refractivity contribution in [2.45, 2.75) is 19.9 Å². The van der Waals surface area contributed by atoms with E-state index in [1.807, 2.05) is 80.8 Å². The summed E-state index contributed by atoms with van der Waals surface area (Å²) in [4.78, 5) is 32.5. The summed E-state index contributed by atoms with van der Waals surface area (Å²) < 4.78 is 4.90. The van der Waals surface area contributed by atoms with Gasteiger partial charge in [-0.3, -0.25) is 18.8 Å². The molecule has 0 saturated heterocycles. The van der Waals surface area contributed by atoms with Crippen LogP contribution in [0.1, 0.15) is 46.0 Å². The van der Waals surface area contributed by atoms with E-state index in [4.69, 9.17) is 4.98 Å². The summed E-state index contributed by atoms with van der Waals surface area (Å²) in [5.74, 6) is 6.32. The number of benzene rings is 2. The van der Waals surface area contributed by atoms with E-state index in [2.05, 4.69) is 27.4 Å². The van der Waals surface area contributed by atoms with Crippen molar-refractivity contribution in [2.75, 3.05) is 0 Å². The molecular weight excluding hydrogens is 502 g/mol. The number of aromatic nitrogens is 6. The number of aryl methyl sites for hydroxylation is 2. The third kappa shape index (κ3) is 4.41. The number of hydrogen-bond donors (Lipinski definition) is 1. The van der Waals surface area contributed by atoms with E-state index < -0.39 is 6.04 Å². The van der Waals surface area contributed by atoms with Crippen LogP contribution in [0.3, 0.4) is 0 Å². The molecule has 196 valence electrons. The summed E-state index contributed by atoms with van der Waals surface area (Å²) >= 11 is 0. The summed E-state index contributed by atoms with van der Waals surface area (Å²) in [5, 5.41) is 12.1. The van der Waals surface area contributed by atoms with Crippen molar-refractivity contribution < 1.29 is 4.79 Å². The molecule has 0 aliphatic heterocycles. The number of carbonyl (C=O) groups excluding carboxylic acids is 1. The van der Waals surface area contributed by atoms with E-state index in [1.54, 1.807) is 39.1 Å². The lowest BCUT2D eigenvalue weighted by molar-refractivity contribution is 0.0939. The van der Waals surface area contributed by atoms with Crippen LogP contribution in [0.4, 0.5) is 0 Å². The maximum atomic E-state index is 14.1. The fourth-order valence-electron chi connectivity index (χ4n) is 4.82. The molecule has 4 aromatic heterocycles. The Morgan fingerprint density at radius 1 is 1.00 bits per heavy atom. The van der Waals surface area contributed by atoms with Gasteiger partial charge in [-0.25, -0.2) is 9.50 Å². The number of nitrogens with one attached hydrogen (secondary N) is 1. The van der Waals surface area contributed by atoms with Gasteiger partial charge < -0.3 is 5.32 Å². The first-order valence-electron chi connectivity index (χ1n) is 12.8. The summed E-state index contributed by atoms with van der Waals surface area (Å²) in [5.41, 5.74) is 3.97. The number of nitrogens with zero attached hydrogens (tertiary/aromatic N) is 6. The van der Waals surface area contributed by atoms with E-state index in [1.165, 1.54) is 0 Å². The van der Waals surface area contributed by atoms with Crippen LogP contribution in [-0.2, 0) is 7.05 Å². The lowest BCUT2D eigenvalue weighted by Gasteiger charge is -2.20. The number of rotatable bonds is 4. The maximum absolute atomic E-state index is 14.1. The van der Waals surface area contributed by atoms with Gasteiger partial charge in [0.05, 0.1) is 51.2 Å². The largest absolute Gasteiger partial charge is 0.342 e. The van der Waals surface area contributed by atoms with E-state index in [9.17, 15) is 9.59 Å². The molecule has 40 heavy (non-hydrogen) atoms.